The van der Waals surface area contributed by atoms with Crippen molar-refractivity contribution < 1.29 is 19.2 Å². The van der Waals surface area contributed by atoms with Crippen molar-refractivity contribution >= 4 is 17.6 Å². The molecule has 0 unspecified atom stereocenters. The number of hydrogen-bond donors (Lipinski definition) is 0. The molecule has 1 aliphatic rings. The molecule has 0 aromatic heterocycles. The number of carbonyl (C=O) groups is 1. The van der Waals surface area contributed by atoms with Crippen molar-refractivity contribution in [3.8, 4) is 0 Å². The molecule has 0 fully saturated rings. The van der Waals surface area contributed by atoms with E-state index in [2.05, 4.69) is 4.99 Å². The average molecular weight is 304 g/mol. The van der Waals surface area contributed by atoms with E-state index in [1.807, 2.05) is 6.92 Å². The van der Waals surface area contributed by atoms with Crippen LogP contribution in [0, 0.1) is 17.0 Å². The predicted molar refractivity (Wildman–Crippen MR) is 79.7 cm³/mol. The molecule has 22 heavy (non-hydrogen) atoms. The molecular weight excluding hydrogens is 288 g/mol. The Labute approximate surface area is 127 Å². The Balaban J connectivity index is 2.47. The highest BCUT2D eigenvalue weighted by Gasteiger charge is 2.23. The maximum atomic E-state index is 11.8. The summed E-state index contributed by atoms with van der Waals surface area (Å²) in [4.78, 5) is 26.6. The monoisotopic (exact) mass is 304 g/mol. The zero-order valence-corrected chi connectivity index (χ0v) is 12.4. The number of benzene rings is 1. The van der Waals surface area contributed by atoms with E-state index in [4.69, 9.17) is 9.47 Å². The summed E-state index contributed by atoms with van der Waals surface area (Å²) < 4.78 is 10.4. The average Bonchev–Trinajstić information content (AvgIpc) is 2.73. The zero-order valence-electron chi connectivity index (χ0n) is 12.4. The van der Waals surface area contributed by atoms with Crippen LogP contribution >= 0.6 is 0 Å². The minimum absolute atomic E-state index is 0.0622. The molecule has 1 aromatic carbocycles. The molecule has 1 heterocycles. The fourth-order valence-corrected chi connectivity index (χ4v) is 1.99. The highest BCUT2D eigenvalue weighted by molar-refractivity contribution is 6.02. The highest BCUT2D eigenvalue weighted by Crippen LogP contribution is 2.23. The molecule has 0 radical (unpaired) electrons. The van der Waals surface area contributed by atoms with E-state index >= 15 is 0 Å². The lowest BCUT2D eigenvalue weighted by molar-refractivity contribution is -0.385. The number of nitro benzene ring substituents is 1. The van der Waals surface area contributed by atoms with Crippen molar-refractivity contribution in [3.05, 3.63) is 51.2 Å². The molecule has 0 saturated heterocycles. The standard InChI is InChI=1S/C15H16N2O5/c1-3-21-15(18)12-5-4-8-22-14(16-12)11-9-10(2)6-7-13(11)17(19)20/h5-7,9H,3-4,8H2,1-2H3. The number of rotatable bonds is 4. The molecule has 7 nitrogen and oxygen atoms in total. The molecule has 1 aliphatic heterocycles. The fourth-order valence-electron chi connectivity index (χ4n) is 1.99. The van der Waals surface area contributed by atoms with Crippen LogP contribution in [0.4, 0.5) is 5.69 Å². The number of nitrogens with zero attached hydrogens (tertiary/aromatic N) is 2. The van der Waals surface area contributed by atoms with Gasteiger partial charge in [-0.2, -0.15) is 0 Å². The second-order valence-electron chi connectivity index (χ2n) is 4.64. The van der Waals surface area contributed by atoms with E-state index in [9.17, 15) is 14.9 Å². The van der Waals surface area contributed by atoms with Crippen LogP contribution in [0.2, 0.25) is 0 Å². The Morgan fingerprint density at radius 1 is 1.50 bits per heavy atom. The van der Waals surface area contributed by atoms with Crippen molar-refractivity contribution in [2.24, 2.45) is 4.99 Å². The molecule has 0 saturated carbocycles. The third-order valence-corrected chi connectivity index (χ3v) is 2.98. The van der Waals surface area contributed by atoms with Crippen molar-refractivity contribution in [1.82, 2.24) is 0 Å². The first kappa shape index (κ1) is 15.7. The Morgan fingerprint density at radius 2 is 2.27 bits per heavy atom. The second-order valence-corrected chi connectivity index (χ2v) is 4.64. The lowest BCUT2D eigenvalue weighted by atomic mass is 10.1. The van der Waals surface area contributed by atoms with Crippen LogP contribution in [-0.4, -0.2) is 30.0 Å². The quantitative estimate of drug-likeness (QED) is 0.484. The number of ether oxygens (including phenoxy) is 2. The molecule has 2 rings (SSSR count). The summed E-state index contributed by atoms with van der Waals surface area (Å²) in [6, 6.07) is 4.65. The lowest BCUT2D eigenvalue weighted by Crippen LogP contribution is -2.12. The number of carbonyl (C=O) groups excluding carboxylic acids is 1. The first-order chi connectivity index (χ1) is 10.5. The third kappa shape index (κ3) is 3.49. The molecule has 1 aromatic rings. The van der Waals surface area contributed by atoms with Crippen LogP contribution in [0.1, 0.15) is 24.5 Å². The highest BCUT2D eigenvalue weighted by atomic mass is 16.6. The number of hydrogen-bond acceptors (Lipinski definition) is 6. The first-order valence-corrected chi connectivity index (χ1v) is 6.87. The van der Waals surface area contributed by atoms with Crippen molar-refractivity contribution in [1.29, 1.82) is 0 Å². The van der Waals surface area contributed by atoms with Gasteiger partial charge in [-0.3, -0.25) is 10.1 Å². The zero-order chi connectivity index (χ0) is 16.1. The van der Waals surface area contributed by atoms with E-state index in [1.165, 1.54) is 6.07 Å². The van der Waals surface area contributed by atoms with Gasteiger partial charge in [0, 0.05) is 12.5 Å². The summed E-state index contributed by atoms with van der Waals surface area (Å²) in [5.74, 6) is -0.506. The molecule has 7 heteroatoms. The van der Waals surface area contributed by atoms with Crippen LogP contribution in [0.3, 0.4) is 0 Å². The number of esters is 1. The van der Waals surface area contributed by atoms with Crippen molar-refractivity contribution in [2.45, 2.75) is 20.3 Å². The van der Waals surface area contributed by atoms with Gasteiger partial charge in [0.05, 0.1) is 18.1 Å². The fraction of sp³-hybridized carbons (Fsp3) is 0.333. The smallest absolute Gasteiger partial charge is 0.356 e. The van der Waals surface area contributed by atoms with Gasteiger partial charge in [0.25, 0.3) is 5.69 Å². The molecule has 116 valence electrons. The minimum atomic E-state index is -0.569. The van der Waals surface area contributed by atoms with Gasteiger partial charge in [-0.1, -0.05) is 6.07 Å². The first-order valence-electron chi connectivity index (χ1n) is 6.87. The lowest BCUT2D eigenvalue weighted by Gasteiger charge is -2.08. The maximum Gasteiger partial charge on any atom is 0.356 e. The molecule has 0 atom stereocenters. The van der Waals surface area contributed by atoms with E-state index < -0.39 is 10.9 Å². The summed E-state index contributed by atoms with van der Waals surface area (Å²) in [5.41, 5.74) is 1.07. The summed E-state index contributed by atoms with van der Waals surface area (Å²) in [7, 11) is 0. The van der Waals surface area contributed by atoms with Gasteiger partial charge in [-0.15, -0.1) is 0 Å². The molecule has 0 bridgehead atoms. The summed E-state index contributed by atoms with van der Waals surface area (Å²) in [6.07, 6.45) is 2.08. The molecule has 0 amide bonds. The van der Waals surface area contributed by atoms with Gasteiger partial charge in [0.1, 0.15) is 11.3 Å². The van der Waals surface area contributed by atoms with Crippen molar-refractivity contribution in [3.63, 3.8) is 0 Å². The van der Waals surface area contributed by atoms with Gasteiger partial charge in [0.2, 0.25) is 5.90 Å². The Kier molecular flexibility index (Phi) is 4.88. The van der Waals surface area contributed by atoms with Crippen LogP contribution in [-0.2, 0) is 14.3 Å². The molecule has 0 N–H and O–H groups in total. The summed E-state index contributed by atoms with van der Waals surface area (Å²) >= 11 is 0. The summed E-state index contributed by atoms with van der Waals surface area (Å²) in [5, 5.41) is 11.2. The van der Waals surface area contributed by atoms with Gasteiger partial charge in [-0.25, -0.2) is 9.79 Å². The van der Waals surface area contributed by atoms with E-state index in [0.717, 1.165) is 5.56 Å². The maximum absolute atomic E-state index is 11.8. The van der Waals surface area contributed by atoms with Gasteiger partial charge in [-0.05, 0) is 31.6 Å². The number of nitro groups is 1. The number of aliphatic imine (C=N–C) groups is 1. The Bertz CT molecular complexity index is 664. The SMILES string of the molecule is CCOC(=O)C1=CCCOC(c2cc(C)ccc2[N+](=O)[O-])=N1. The van der Waals surface area contributed by atoms with Gasteiger partial charge >= 0.3 is 5.97 Å². The second kappa shape index (κ2) is 6.84. The van der Waals surface area contributed by atoms with E-state index in [1.54, 1.807) is 25.1 Å². The van der Waals surface area contributed by atoms with Crippen LogP contribution in [0.5, 0.6) is 0 Å². The third-order valence-electron chi connectivity index (χ3n) is 2.98. The van der Waals surface area contributed by atoms with Crippen LogP contribution in [0.25, 0.3) is 0 Å². The van der Waals surface area contributed by atoms with Crippen molar-refractivity contribution in [2.75, 3.05) is 13.2 Å². The normalized spacial score (nSPS) is 14.3. The van der Waals surface area contributed by atoms with Crippen LogP contribution < -0.4 is 0 Å². The Hall–Kier alpha value is -2.70. The van der Waals surface area contributed by atoms with Gasteiger partial charge in [0.15, 0.2) is 0 Å². The van der Waals surface area contributed by atoms with E-state index in [0.29, 0.717) is 6.42 Å². The molecule has 0 spiro atoms. The molecular formula is C15H16N2O5. The predicted octanol–water partition coefficient (Wildman–Crippen LogP) is 2.52. The topological polar surface area (TPSA) is 91.0 Å². The van der Waals surface area contributed by atoms with Crippen LogP contribution in [0.15, 0.2) is 35.0 Å². The molecule has 0 aliphatic carbocycles. The number of aryl methyl sites for hydroxylation is 1. The Morgan fingerprint density at radius 3 is 2.95 bits per heavy atom. The minimum Gasteiger partial charge on any atom is -0.477 e. The summed E-state index contributed by atoms with van der Waals surface area (Å²) in [6.45, 7) is 4.02. The largest absolute Gasteiger partial charge is 0.477 e. The van der Waals surface area contributed by atoms with E-state index in [-0.39, 0.29) is 36.1 Å². The van der Waals surface area contributed by atoms with Gasteiger partial charge < -0.3 is 9.47 Å².